The average molecular weight is 343 g/mol. The number of piperidine rings is 1. The molecule has 1 saturated heterocycles. The Morgan fingerprint density at radius 2 is 1.80 bits per heavy atom. The second kappa shape index (κ2) is 8.48. The molecule has 1 aliphatic carbocycles. The molecule has 2 amide bonds. The molecule has 25 heavy (non-hydrogen) atoms. The van der Waals surface area contributed by atoms with Crippen LogP contribution in [0.25, 0.3) is 0 Å². The van der Waals surface area contributed by atoms with Gasteiger partial charge in [-0.25, -0.2) is 0 Å². The molecule has 1 heterocycles. The number of carbonyl (C=O) groups excluding carboxylic acids is 2. The van der Waals surface area contributed by atoms with Gasteiger partial charge in [0.15, 0.2) is 0 Å². The van der Waals surface area contributed by atoms with Gasteiger partial charge in [0.25, 0.3) is 5.91 Å². The largest absolute Gasteiger partial charge is 0.349 e. The van der Waals surface area contributed by atoms with Gasteiger partial charge in [-0.1, -0.05) is 31.4 Å². The number of anilines is 1. The van der Waals surface area contributed by atoms with Gasteiger partial charge in [0.1, 0.15) is 0 Å². The molecule has 1 aromatic carbocycles. The van der Waals surface area contributed by atoms with Crippen LogP contribution in [-0.4, -0.2) is 41.9 Å². The number of hydrogen-bond acceptors (Lipinski definition) is 3. The lowest BCUT2D eigenvalue weighted by atomic mass is 10.0. The summed E-state index contributed by atoms with van der Waals surface area (Å²) in [7, 11) is 0. The molecule has 0 unspecified atom stereocenters. The lowest BCUT2D eigenvalue weighted by Crippen LogP contribution is -2.42. The minimum Gasteiger partial charge on any atom is -0.349 e. The molecule has 1 aliphatic heterocycles. The molecule has 0 radical (unpaired) electrons. The summed E-state index contributed by atoms with van der Waals surface area (Å²) in [5.41, 5.74) is 1.15. The van der Waals surface area contributed by atoms with Gasteiger partial charge < -0.3 is 10.6 Å². The summed E-state index contributed by atoms with van der Waals surface area (Å²) in [6.45, 7) is 3.54. The van der Waals surface area contributed by atoms with Crippen molar-refractivity contribution in [1.29, 1.82) is 0 Å². The van der Waals surface area contributed by atoms with Crippen molar-refractivity contribution in [3.05, 3.63) is 29.8 Å². The highest BCUT2D eigenvalue weighted by Crippen LogP contribution is 2.21. The fourth-order valence-electron chi connectivity index (χ4n) is 3.89. The monoisotopic (exact) mass is 343 g/mol. The van der Waals surface area contributed by atoms with Crippen molar-refractivity contribution in [2.75, 3.05) is 18.4 Å². The fraction of sp³-hybridized carbons (Fsp3) is 0.600. The average Bonchev–Trinajstić information content (AvgIpc) is 3.10. The molecule has 0 spiro atoms. The maximum atomic E-state index is 12.6. The molecule has 3 rings (SSSR count). The van der Waals surface area contributed by atoms with E-state index >= 15 is 0 Å². The highest BCUT2D eigenvalue weighted by atomic mass is 16.2. The van der Waals surface area contributed by atoms with Gasteiger partial charge in [0.2, 0.25) is 5.91 Å². The van der Waals surface area contributed by atoms with Crippen LogP contribution >= 0.6 is 0 Å². The number of rotatable bonds is 5. The zero-order valence-electron chi connectivity index (χ0n) is 15.1. The first-order valence-corrected chi connectivity index (χ1v) is 9.57. The van der Waals surface area contributed by atoms with Crippen molar-refractivity contribution in [3.8, 4) is 0 Å². The Kier molecular flexibility index (Phi) is 6.08. The molecule has 2 fully saturated rings. The van der Waals surface area contributed by atoms with Crippen LogP contribution in [0.5, 0.6) is 0 Å². The van der Waals surface area contributed by atoms with Gasteiger partial charge in [-0.3, -0.25) is 14.5 Å². The Hall–Kier alpha value is -1.88. The molecular weight excluding hydrogens is 314 g/mol. The lowest BCUT2D eigenvalue weighted by molar-refractivity contribution is -0.118. The van der Waals surface area contributed by atoms with E-state index in [9.17, 15) is 9.59 Å². The Balaban J connectivity index is 1.61. The van der Waals surface area contributed by atoms with Gasteiger partial charge >= 0.3 is 0 Å². The van der Waals surface area contributed by atoms with Gasteiger partial charge in [-0.05, 0) is 51.3 Å². The number of nitrogens with one attached hydrogen (secondary N) is 2. The Morgan fingerprint density at radius 3 is 2.56 bits per heavy atom. The lowest BCUT2D eigenvalue weighted by Gasteiger charge is -2.32. The zero-order chi connectivity index (χ0) is 17.6. The number of benzene rings is 1. The first-order chi connectivity index (χ1) is 12.1. The van der Waals surface area contributed by atoms with Crippen LogP contribution in [0.15, 0.2) is 24.3 Å². The molecule has 0 bridgehead atoms. The molecule has 0 aromatic heterocycles. The number of nitrogens with zero attached hydrogens (tertiary/aromatic N) is 1. The number of carbonyl (C=O) groups is 2. The van der Waals surface area contributed by atoms with E-state index < -0.39 is 0 Å². The van der Waals surface area contributed by atoms with E-state index in [0.29, 0.717) is 23.8 Å². The van der Waals surface area contributed by atoms with Crippen molar-refractivity contribution in [3.63, 3.8) is 0 Å². The number of likely N-dealkylation sites (tertiary alicyclic amines) is 1. The molecule has 1 aromatic rings. The van der Waals surface area contributed by atoms with Crippen LogP contribution in [0.1, 0.15) is 62.2 Å². The van der Waals surface area contributed by atoms with Crippen LogP contribution < -0.4 is 10.6 Å². The van der Waals surface area contributed by atoms with E-state index in [4.69, 9.17) is 0 Å². The summed E-state index contributed by atoms with van der Waals surface area (Å²) in [6.07, 6.45) is 7.99. The summed E-state index contributed by atoms with van der Waals surface area (Å²) in [5.74, 6) is -0.135. The third-order valence-corrected chi connectivity index (χ3v) is 5.42. The fourth-order valence-corrected chi connectivity index (χ4v) is 3.89. The number of hydrogen-bond donors (Lipinski definition) is 2. The molecule has 1 atom stereocenters. The van der Waals surface area contributed by atoms with Crippen LogP contribution in [0.3, 0.4) is 0 Å². The Labute approximate surface area is 150 Å². The van der Waals surface area contributed by atoms with Gasteiger partial charge in [-0.15, -0.1) is 0 Å². The Bertz CT molecular complexity index is 611. The van der Waals surface area contributed by atoms with E-state index in [1.165, 1.54) is 19.3 Å². The smallest absolute Gasteiger partial charge is 0.253 e. The van der Waals surface area contributed by atoms with Crippen LogP contribution in [0.2, 0.25) is 0 Å². The molecule has 5 nitrogen and oxygen atoms in total. The van der Waals surface area contributed by atoms with Crippen LogP contribution in [0, 0.1) is 0 Å². The van der Waals surface area contributed by atoms with E-state index in [2.05, 4.69) is 22.5 Å². The van der Waals surface area contributed by atoms with Gasteiger partial charge in [0, 0.05) is 12.1 Å². The van der Waals surface area contributed by atoms with E-state index in [-0.39, 0.29) is 17.9 Å². The second-order valence-electron chi connectivity index (χ2n) is 7.36. The standard InChI is InChI=1S/C20H29N3O2/c1-15-8-6-7-13-23(15)14-19(24)22-18-12-5-4-11-17(18)20(25)21-16-9-2-3-10-16/h4-5,11-12,15-16H,2-3,6-10,13-14H2,1H3,(H,21,25)(H,22,24)/t15-/m1/s1. The molecule has 1 saturated carbocycles. The highest BCUT2D eigenvalue weighted by molar-refractivity contribution is 6.04. The van der Waals surface area contributed by atoms with Crippen molar-refractivity contribution >= 4 is 17.5 Å². The maximum absolute atomic E-state index is 12.6. The van der Waals surface area contributed by atoms with E-state index in [1.807, 2.05) is 12.1 Å². The second-order valence-corrected chi connectivity index (χ2v) is 7.36. The highest BCUT2D eigenvalue weighted by Gasteiger charge is 2.22. The molecule has 5 heteroatoms. The SMILES string of the molecule is C[C@@H]1CCCCN1CC(=O)Nc1ccccc1C(=O)NC1CCCC1. The summed E-state index contributed by atoms with van der Waals surface area (Å²) in [4.78, 5) is 27.3. The molecule has 2 aliphatic rings. The van der Waals surface area contributed by atoms with E-state index in [1.54, 1.807) is 12.1 Å². The molecular formula is C20H29N3O2. The zero-order valence-corrected chi connectivity index (χ0v) is 15.1. The van der Waals surface area contributed by atoms with Crippen LogP contribution in [0.4, 0.5) is 5.69 Å². The number of amides is 2. The molecule has 2 N–H and O–H groups in total. The first kappa shape index (κ1) is 17.9. The number of para-hydroxylation sites is 1. The summed E-state index contributed by atoms with van der Waals surface area (Å²) >= 11 is 0. The minimum absolute atomic E-state index is 0.0464. The first-order valence-electron chi connectivity index (χ1n) is 9.57. The van der Waals surface area contributed by atoms with E-state index in [0.717, 1.165) is 32.2 Å². The summed E-state index contributed by atoms with van der Waals surface area (Å²) in [5, 5.41) is 6.04. The third-order valence-electron chi connectivity index (χ3n) is 5.42. The normalized spacial score (nSPS) is 21.9. The van der Waals surface area contributed by atoms with Crippen molar-refractivity contribution in [2.45, 2.75) is 64.0 Å². The predicted molar refractivity (Wildman–Crippen MR) is 99.7 cm³/mol. The third kappa shape index (κ3) is 4.82. The van der Waals surface area contributed by atoms with Crippen LogP contribution in [-0.2, 0) is 4.79 Å². The van der Waals surface area contributed by atoms with Gasteiger partial charge in [-0.2, -0.15) is 0 Å². The van der Waals surface area contributed by atoms with Crippen molar-refractivity contribution in [1.82, 2.24) is 10.2 Å². The molecule has 136 valence electrons. The summed E-state index contributed by atoms with van der Waals surface area (Å²) in [6, 6.07) is 7.99. The maximum Gasteiger partial charge on any atom is 0.253 e. The topological polar surface area (TPSA) is 61.4 Å². The Morgan fingerprint density at radius 1 is 1.08 bits per heavy atom. The van der Waals surface area contributed by atoms with Gasteiger partial charge in [0.05, 0.1) is 17.8 Å². The van der Waals surface area contributed by atoms with Crippen molar-refractivity contribution in [2.24, 2.45) is 0 Å². The quantitative estimate of drug-likeness (QED) is 0.863. The summed E-state index contributed by atoms with van der Waals surface area (Å²) < 4.78 is 0. The van der Waals surface area contributed by atoms with Crippen molar-refractivity contribution < 1.29 is 9.59 Å². The predicted octanol–water partition coefficient (Wildman–Crippen LogP) is 3.17. The minimum atomic E-state index is -0.0888.